The number of nitrogens with zero attached hydrogens (tertiary/aromatic N) is 1. The van der Waals surface area contributed by atoms with Gasteiger partial charge in [0.1, 0.15) is 0 Å². The Hall–Kier alpha value is -1.87. The van der Waals surface area contributed by atoms with Gasteiger partial charge in [0.2, 0.25) is 0 Å². The Balaban J connectivity index is 1.58. The molecular weight excluding hydrogens is 234 g/mol. The monoisotopic (exact) mass is 253 g/mol. The first kappa shape index (κ1) is 12.2. The van der Waals surface area contributed by atoms with Crippen LogP contribution in [-0.4, -0.2) is 11.5 Å². The summed E-state index contributed by atoms with van der Waals surface area (Å²) in [4.78, 5) is 4.14. The number of fused-ring (bicyclic) bond motifs is 1. The third-order valence-corrected chi connectivity index (χ3v) is 3.77. The van der Waals surface area contributed by atoms with Crippen LogP contribution in [0.2, 0.25) is 0 Å². The van der Waals surface area contributed by atoms with E-state index in [4.69, 9.17) is 5.73 Å². The Bertz CT molecular complexity index is 551. The summed E-state index contributed by atoms with van der Waals surface area (Å²) in [5.74, 6) is 0. The standard InChI is InChI=1S/C16H19N3/c17-14-4-5-15-13(10-14)3-6-16(15)19-9-7-12-2-1-8-18-11-12/h1-2,4-5,8,10-11,16,19H,3,6-7,9,17H2. The number of hydrogen-bond acceptors (Lipinski definition) is 3. The van der Waals surface area contributed by atoms with Gasteiger partial charge in [-0.1, -0.05) is 12.1 Å². The van der Waals surface area contributed by atoms with Gasteiger partial charge < -0.3 is 11.1 Å². The highest BCUT2D eigenvalue weighted by atomic mass is 14.9. The molecule has 0 radical (unpaired) electrons. The van der Waals surface area contributed by atoms with Gasteiger partial charge in [0.15, 0.2) is 0 Å². The lowest BCUT2D eigenvalue weighted by Crippen LogP contribution is -2.21. The van der Waals surface area contributed by atoms with Crippen LogP contribution in [0.5, 0.6) is 0 Å². The molecule has 98 valence electrons. The lowest BCUT2D eigenvalue weighted by molar-refractivity contribution is 0.533. The van der Waals surface area contributed by atoms with Crippen LogP contribution in [0.15, 0.2) is 42.7 Å². The number of benzene rings is 1. The van der Waals surface area contributed by atoms with Gasteiger partial charge in [0.05, 0.1) is 0 Å². The summed E-state index contributed by atoms with van der Waals surface area (Å²) in [6, 6.07) is 10.9. The molecule has 19 heavy (non-hydrogen) atoms. The summed E-state index contributed by atoms with van der Waals surface area (Å²) in [6.45, 7) is 0.986. The summed E-state index contributed by atoms with van der Waals surface area (Å²) < 4.78 is 0. The van der Waals surface area contributed by atoms with Crippen LogP contribution in [0, 0.1) is 0 Å². The van der Waals surface area contributed by atoms with Crippen molar-refractivity contribution in [3.8, 4) is 0 Å². The van der Waals surface area contributed by atoms with Gasteiger partial charge in [-0.3, -0.25) is 4.98 Å². The maximum atomic E-state index is 5.83. The van der Waals surface area contributed by atoms with E-state index in [2.05, 4.69) is 28.5 Å². The molecule has 3 heteroatoms. The smallest absolute Gasteiger partial charge is 0.0326 e. The van der Waals surface area contributed by atoms with Crippen LogP contribution in [0.4, 0.5) is 5.69 Å². The fraction of sp³-hybridized carbons (Fsp3) is 0.312. The number of anilines is 1. The van der Waals surface area contributed by atoms with Crippen molar-refractivity contribution in [1.29, 1.82) is 0 Å². The molecule has 3 N–H and O–H groups in total. The van der Waals surface area contributed by atoms with Gasteiger partial charge in [-0.05, 0) is 60.7 Å². The Morgan fingerprint density at radius 1 is 1.32 bits per heavy atom. The zero-order chi connectivity index (χ0) is 13.1. The van der Waals surface area contributed by atoms with E-state index in [0.717, 1.165) is 25.1 Å². The molecule has 3 rings (SSSR count). The van der Waals surface area contributed by atoms with Gasteiger partial charge in [-0.2, -0.15) is 0 Å². The second-order valence-electron chi connectivity index (χ2n) is 5.11. The van der Waals surface area contributed by atoms with Gasteiger partial charge in [0, 0.05) is 24.1 Å². The maximum Gasteiger partial charge on any atom is 0.0326 e. The van der Waals surface area contributed by atoms with Crippen LogP contribution in [-0.2, 0) is 12.8 Å². The molecule has 2 aromatic rings. The molecule has 1 aromatic heterocycles. The van der Waals surface area contributed by atoms with Crippen molar-refractivity contribution >= 4 is 5.69 Å². The zero-order valence-electron chi connectivity index (χ0n) is 11.0. The predicted octanol–water partition coefficient (Wildman–Crippen LogP) is 2.48. The Labute approximate surface area is 113 Å². The van der Waals surface area contributed by atoms with Crippen LogP contribution in [0.1, 0.15) is 29.2 Å². The van der Waals surface area contributed by atoms with E-state index in [1.807, 2.05) is 24.5 Å². The fourth-order valence-corrected chi connectivity index (χ4v) is 2.79. The Morgan fingerprint density at radius 3 is 3.11 bits per heavy atom. The second-order valence-corrected chi connectivity index (χ2v) is 5.11. The number of aryl methyl sites for hydroxylation is 1. The SMILES string of the molecule is Nc1ccc2c(c1)CCC2NCCc1cccnc1. The molecule has 1 aliphatic carbocycles. The van der Waals surface area contributed by atoms with Gasteiger partial charge in [-0.25, -0.2) is 0 Å². The topological polar surface area (TPSA) is 50.9 Å². The predicted molar refractivity (Wildman–Crippen MR) is 77.9 cm³/mol. The van der Waals surface area contributed by atoms with Crippen molar-refractivity contribution < 1.29 is 0 Å². The highest BCUT2D eigenvalue weighted by Crippen LogP contribution is 2.32. The number of nitrogens with two attached hydrogens (primary N) is 1. The van der Waals surface area contributed by atoms with E-state index < -0.39 is 0 Å². The average Bonchev–Trinajstić information content (AvgIpc) is 2.82. The molecule has 1 unspecified atom stereocenters. The minimum Gasteiger partial charge on any atom is -0.399 e. The average molecular weight is 253 g/mol. The molecule has 1 heterocycles. The number of nitrogens with one attached hydrogen (secondary N) is 1. The first-order chi connectivity index (χ1) is 9.33. The van der Waals surface area contributed by atoms with Crippen molar-refractivity contribution in [2.45, 2.75) is 25.3 Å². The highest BCUT2D eigenvalue weighted by Gasteiger charge is 2.21. The van der Waals surface area contributed by atoms with E-state index in [0.29, 0.717) is 6.04 Å². The number of rotatable bonds is 4. The summed E-state index contributed by atoms with van der Waals surface area (Å²) in [6.07, 6.45) is 7.07. The molecular formula is C16H19N3. The Kier molecular flexibility index (Phi) is 3.47. The van der Waals surface area contributed by atoms with Crippen molar-refractivity contribution in [2.75, 3.05) is 12.3 Å². The van der Waals surface area contributed by atoms with Crippen molar-refractivity contribution in [2.24, 2.45) is 0 Å². The minimum atomic E-state index is 0.479. The molecule has 1 aromatic carbocycles. The van der Waals surface area contributed by atoms with Crippen LogP contribution in [0.3, 0.4) is 0 Å². The normalized spacial score (nSPS) is 17.4. The molecule has 0 aliphatic heterocycles. The van der Waals surface area contributed by atoms with Crippen molar-refractivity contribution in [3.63, 3.8) is 0 Å². The molecule has 0 saturated heterocycles. The quantitative estimate of drug-likeness (QED) is 0.823. The summed E-state index contributed by atoms with van der Waals surface area (Å²) in [5.41, 5.74) is 10.8. The summed E-state index contributed by atoms with van der Waals surface area (Å²) in [5, 5.41) is 3.64. The van der Waals surface area contributed by atoms with E-state index in [9.17, 15) is 0 Å². The number of aromatic nitrogens is 1. The fourth-order valence-electron chi connectivity index (χ4n) is 2.79. The van der Waals surface area contributed by atoms with Crippen molar-refractivity contribution in [1.82, 2.24) is 10.3 Å². The van der Waals surface area contributed by atoms with Gasteiger partial charge in [0.25, 0.3) is 0 Å². The number of nitrogen functional groups attached to an aromatic ring is 1. The van der Waals surface area contributed by atoms with E-state index in [1.165, 1.54) is 23.1 Å². The number of hydrogen-bond donors (Lipinski definition) is 2. The Morgan fingerprint density at radius 2 is 2.26 bits per heavy atom. The van der Waals surface area contributed by atoms with Crippen LogP contribution >= 0.6 is 0 Å². The van der Waals surface area contributed by atoms with Crippen LogP contribution < -0.4 is 11.1 Å². The molecule has 0 spiro atoms. The largest absolute Gasteiger partial charge is 0.399 e. The molecule has 1 aliphatic rings. The van der Waals surface area contributed by atoms with Crippen LogP contribution in [0.25, 0.3) is 0 Å². The first-order valence-corrected chi connectivity index (χ1v) is 6.83. The zero-order valence-corrected chi connectivity index (χ0v) is 11.0. The molecule has 0 bridgehead atoms. The third-order valence-electron chi connectivity index (χ3n) is 3.77. The third kappa shape index (κ3) is 2.76. The molecule has 0 saturated carbocycles. The highest BCUT2D eigenvalue weighted by molar-refractivity contribution is 5.47. The molecule has 1 atom stereocenters. The summed E-state index contributed by atoms with van der Waals surface area (Å²) >= 11 is 0. The first-order valence-electron chi connectivity index (χ1n) is 6.83. The lowest BCUT2D eigenvalue weighted by atomic mass is 10.1. The minimum absolute atomic E-state index is 0.479. The van der Waals surface area contributed by atoms with E-state index in [-0.39, 0.29) is 0 Å². The lowest BCUT2D eigenvalue weighted by Gasteiger charge is -2.14. The molecule has 0 fully saturated rings. The number of pyridine rings is 1. The van der Waals surface area contributed by atoms with Gasteiger partial charge >= 0.3 is 0 Å². The summed E-state index contributed by atoms with van der Waals surface area (Å²) in [7, 11) is 0. The maximum absolute atomic E-state index is 5.83. The van der Waals surface area contributed by atoms with Crippen molar-refractivity contribution in [3.05, 3.63) is 59.4 Å². The van der Waals surface area contributed by atoms with E-state index >= 15 is 0 Å². The second kappa shape index (κ2) is 5.41. The van der Waals surface area contributed by atoms with E-state index in [1.54, 1.807) is 0 Å². The molecule has 0 amide bonds. The van der Waals surface area contributed by atoms with Gasteiger partial charge in [-0.15, -0.1) is 0 Å². The molecule has 3 nitrogen and oxygen atoms in total.